The molecule has 2 heterocycles. The molecule has 1 N–H and O–H groups in total. The Labute approximate surface area is 153 Å². The van der Waals surface area contributed by atoms with E-state index in [-0.39, 0.29) is 16.9 Å². The van der Waals surface area contributed by atoms with Crippen LogP contribution in [-0.4, -0.2) is 26.4 Å². The number of aryl methyl sites for hydroxylation is 1. The number of hydrogen-bond donors (Lipinski definition) is 1. The molecule has 5 heteroatoms. The first-order valence-corrected chi connectivity index (χ1v) is 9.15. The van der Waals surface area contributed by atoms with Gasteiger partial charge in [0.1, 0.15) is 17.2 Å². The van der Waals surface area contributed by atoms with Gasteiger partial charge in [0.25, 0.3) is 5.91 Å². The van der Waals surface area contributed by atoms with E-state index >= 15 is 0 Å². The number of amides is 1. The molecule has 2 aromatic rings. The molecule has 132 valence electrons. The van der Waals surface area contributed by atoms with Crippen LogP contribution in [0.25, 0.3) is 0 Å². The maximum absolute atomic E-state index is 12.7. The van der Waals surface area contributed by atoms with E-state index in [1.807, 2.05) is 18.2 Å². The second-order valence-corrected chi connectivity index (χ2v) is 7.50. The third-order valence-corrected chi connectivity index (χ3v) is 5.58. The molecule has 0 aromatic carbocycles. The van der Waals surface area contributed by atoms with Crippen molar-refractivity contribution in [1.29, 1.82) is 0 Å². The van der Waals surface area contributed by atoms with Crippen LogP contribution in [0.15, 0.2) is 36.7 Å². The first kappa shape index (κ1) is 16.7. The summed E-state index contributed by atoms with van der Waals surface area (Å²) in [5.74, 6) is 7.25. The van der Waals surface area contributed by atoms with Crippen LogP contribution in [-0.2, 0) is 0 Å². The van der Waals surface area contributed by atoms with Crippen molar-refractivity contribution in [3.63, 3.8) is 0 Å². The van der Waals surface area contributed by atoms with Gasteiger partial charge in [-0.2, -0.15) is 0 Å². The first-order valence-electron chi connectivity index (χ1n) is 9.15. The smallest absolute Gasteiger partial charge is 0.270 e. The van der Waals surface area contributed by atoms with Gasteiger partial charge in [0.15, 0.2) is 0 Å². The minimum Gasteiger partial charge on any atom is -0.345 e. The Morgan fingerprint density at radius 1 is 1.12 bits per heavy atom. The van der Waals surface area contributed by atoms with Crippen LogP contribution in [0.3, 0.4) is 0 Å². The lowest BCUT2D eigenvalue weighted by molar-refractivity contribution is 0.0866. The van der Waals surface area contributed by atoms with Crippen LogP contribution in [0.4, 0.5) is 0 Å². The van der Waals surface area contributed by atoms with Gasteiger partial charge in [-0.3, -0.25) is 4.79 Å². The predicted molar refractivity (Wildman–Crippen MR) is 98.2 cm³/mol. The average molecular weight is 346 g/mol. The molecular formula is C21H22N4O. The van der Waals surface area contributed by atoms with E-state index in [9.17, 15) is 4.79 Å². The monoisotopic (exact) mass is 346 g/mol. The summed E-state index contributed by atoms with van der Waals surface area (Å²) < 4.78 is 0. The van der Waals surface area contributed by atoms with Crippen LogP contribution < -0.4 is 5.32 Å². The van der Waals surface area contributed by atoms with Gasteiger partial charge in [0, 0.05) is 23.3 Å². The van der Waals surface area contributed by atoms with E-state index in [0.717, 1.165) is 44.2 Å². The number of fused-ring (bicyclic) bond motifs is 2. The number of rotatable bonds is 2. The largest absolute Gasteiger partial charge is 0.345 e. The fourth-order valence-corrected chi connectivity index (χ4v) is 4.35. The van der Waals surface area contributed by atoms with Crippen LogP contribution in [0, 0.1) is 24.2 Å². The summed E-state index contributed by atoms with van der Waals surface area (Å²) in [5, 5.41) is 3.28. The SMILES string of the molecule is Cc1nccc(C(=O)N[C@]23CCC[C@](C#Cc4ccccn4)(CC2)C3)n1. The molecule has 0 aliphatic heterocycles. The molecule has 26 heavy (non-hydrogen) atoms. The third kappa shape index (κ3) is 3.32. The zero-order valence-corrected chi connectivity index (χ0v) is 15.0. The number of carbonyl (C=O) groups excluding carboxylic acids is 1. The Morgan fingerprint density at radius 3 is 2.85 bits per heavy atom. The van der Waals surface area contributed by atoms with Gasteiger partial charge in [-0.25, -0.2) is 15.0 Å². The number of nitrogens with one attached hydrogen (secondary N) is 1. The van der Waals surface area contributed by atoms with Crippen molar-refractivity contribution >= 4 is 5.91 Å². The number of aromatic nitrogens is 3. The van der Waals surface area contributed by atoms with Crippen molar-refractivity contribution in [3.05, 3.63) is 53.9 Å². The van der Waals surface area contributed by atoms with E-state index in [1.54, 1.807) is 25.4 Å². The molecule has 5 nitrogen and oxygen atoms in total. The molecule has 2 fully saturated rings. The molecule has 0 unspecified atom stereocenters. The summed E-state index contributed by atoms with van der Waals surface area (Å²) in [7, 11) is 0. The normalized spacial score (nSPS) is 26.7. The number of hydrogen-bond acceptors (Lipinski definition) is 4. The molecule has 2 aliphatic carbocycles. The number of carbonyl (C=O) groups is 1. The summed E-state index contributed by atoms with van der Waals surface area (Å²) >= 11 is 0. The van der Waals surface area contributed by atoms with Crippen molar-refractivity contribution in [2.45, 2.75) is 51.0 Å². The molecular weight excluding hydrogens is 324 g/mol. The molecule has 0 spiro atoms. The van der Waals surface area contributed by atoms with Crippen molar-refractivity contribution in [3.8, 4) is 11.8 Å². The molecule has 2 bridgehead atoms. The topological polar surface area (TPSA) is 67.8 Å². The van der Waals surface area contributed by atoms with E-state index < -0.39 is 0 Å². The fraction of sp³-hybridized carbons (Fsp3) is 0.429. The fourth-order valence-electron chi connectivity index (χ4n) is 4.35. The highest BCUT2D eigenvalue weighted by molar-refractivity contribution is 5.92. The number of nitrogens with zero attached hydrogens (tertiary/aromatic N) is 3. The summed E-state index contributed by atoms with van der Waals surface area (Å²) in [4.78, 5) is 25.3. The first-order chi connectivity index (χ1) is 12.6. The lowest BCUT2D eigenvalue weighted by Gasteiger charge is -2.37. The molecule has 2 saturated carbocycles. The molecule has 2 atom stereocenters. The minimum atomic E-state index is -0.160. The van der Waals surface area contributed by atoms with Crippen LogP contribution in [0.2, 0.25) is 0 Å². The van der Waals surface area contributed by atoms with Gasteiger partial charge >= 0.3 is 0 Å². The van der Waals surface area contributed by atoms with E-state index in [1.165, 1.54) is 0 Å². The third-order valence-electron chi connectivity index (χ3n) is 5.58. The standard InChI is InChI=1S/C21H22N4O/c1-16-22-14-7-18(24-16)19(26)25-21-9-4-8-20(15-21,11-12-21)10-6-17-5-2-3-13-23-17/h2-3,5,7,13-14H,4,8-9,11-12,15H2,1H3,(H,25,26)/t20-,21+/m0/s1. The average Bonchev–Trinajstić information content (AvgIpc) is 2.91. The van der Waals surface area contributed by atoms with Gasteiger partial charge < -0.3 is 5.32 Å². The Balaban J connectivity index is 1.52. The highest BCUT2D eigenvalue weighted by Crippen LogP contribution is 2.53. The highest BCUT2D eigenvalue weighted by atomic mass is 16.2. The van der Waals surface area contributed by atoms with Crippen molar-refractivity contribution in [2.75, 3.05) is 0 Å². The Morgan fingerprint density at radius 2 is 2.04 bits per heavy atom. The summed E-state index contributed by atoms with van der Waals surface area (Å²) in [5.41, 5.74) is 1.08. The molecule has 0 radical (unpaired) electrons. The van der Waals surface area contributed by atoms with Crippen LogP contribution in [0.5, 0.6) is 0 Å². The van der Waals surface area contributed by atoms with Gasteiger partial charge in [0.05, 0.1) is 0 Å². The second kappa shape index (κ2) is 6.53. The lowest BCUT2D eigenvalue weighted by Crippen LogP contribution is -2.49. The van der Waals surface area contributed by atoms with Gasteiger partial charge in [0.2, 0.25) is 0 Å². The zero-order chi connectivity index (χ0) is 18.0. The quantitative estimate of drug-likeness (QED) is 0.849. The maximum atomic E-state index is 12.7. The van der Waals surface area contributed by atoms with Crippen molar-refractivity contribution in [2.24, 2.45) is 5.41 Å². The lowest BCUT2D eigenvalue weighted by atomic mass is 9.73. The van der Waals surface area contributed by atoms with E-state index in [2.05, 4.69) is 32.1 Å². The summed E-state index contributed by atoms with van der Waals surface area (Å²) in [6, 6.07) is 7.46. The van der Waals surface area contributed by atoms with E-state index in [4.69, 9.17) is 0 Å². The summed E-state index contributed by atoms with van der Waals surface area (Å²) in [6.07, 6.45) is 9.50. The minimum absolute atomic E-state index is 0.00929. The number of pyridine rings is 1. The molecule has 2 aromatic heterocycles. The Kier molecular flexibility index (Phi) is 4.20. The molecule has 1 amide bonds. The second-order valence-electron chi connectivity index (χ2n) is 7.50. The Bertz CT molecular complexity index is 886. The van der Waals surface area contributed by atoms with E-state index in [0.29, 0.717) is 11.5 Å². The Hall–Kier alpha value is -2.74. The van der Waals surface area contributed by atoms with Crippen LogP contribution in [0.1, 0.15) is 60.5 Å². The predicted octanol–water partition coefficient (Wildman–Crippen LogP) is 3.05. The van der Waals surface area contributed by atoms with Crippen molar-refractivity contribution < 1.29 is 4.79 Å². The summed E-state index contributed by atoms with van der Waals surface area (Å²) in [6.45, 7) is 1.80. The van der Waals surface area contributed by atoms with Gasteiger partial charge in [-0.1, -0.05) is 12.0 Å². The van der Waals surface area contributed by atoms with Crippen molar-refractivity contribution in [1.82, 2.24) is 20.3 Å². The van der Waals surface area contributed by atoms with Crippen LogP contribution >= 0.6 is 0 Å². The molecule has 2 aliphatic rings. The van der Waals surface area contributed by atoms with Gasteiger partial charge in [-0.15, -0.1) is 0 Å². The highest BCUT2D eigenvalue weighted by Gasteiger charge is 2.51. The molecule has 0 saturated heterocycles. The zero-order valence-electron chi connectivity index (χ0n) is 15.0. The van der Waals surface area contributed by atoms with Gasteiger partial charge in [-0.05, 0) is 69.6 Å². The maximum Gasteiger partial charge on any atom is 0.270 e. The molecule has 4 rings (SSSR count).